The second-order valence-electron chi connectivity index (χ2n) is 4.78. The molecule has 0 atom stereocenters. The van der Waals surface area contributed by atoms with E-state index in [9.17, 15) is 14.7 Å². The Bertz CT molecular complexity index is 554. The molecular formula is C12H16ClN3O4. The van der Waals surface area contributed by atoms with Gasteiger partial charge < -0.3 is 15.2 Å². The van der Waals surface area contributed by atoms with E-state index in [2.05, 4.69) is 15.2 Å². The average molecular weight is 302 g/mol. The normalized spacial score (nSPS) is 21.1. The summed E-state index contributed by atoms with van der Waals surface area (Å²) < 4.78 is 5.42. The Kier molecular flexibility index (Phi) is 4.61. The van der Waals surface area contributed by atoms with Gasteiger partial charge in [-0.3, -0.25) is 9.59 Å². The van der Waals surface area contributed by atoms with Crippen molar-refractivity contribution in [3.05, 3.63) is 21.6 Å². The summed E-state index contributed by atoms with van der Waals surface area (Å²) in [6, 6.07) is 0. The Hall–Kier alpha value is -1.60. The summed E-state index contributed by atoms with van der Waals surface area (Å²) in [4.78, 5) is 23.0. The molecule has 0 unspecified atom stereocenters. The maximum atomic E-state index is 11.9. The van der Waals surface area contributed by atoms with E-state index in [0.29, 0.717) is 18.2 Å². The molecule has 2 rings (SSSR count). The third-order valence-corrected chi connectivity index (χ3v) is 3.65. The zero-order valence-electron chi connectivity index (χ0n) is 11.0. The number of carbonyl (C=O) groups is 1. The first-order valence-electron chi connectivity index (χ1n) is 6.25. The standard InChI is InChI=1S/C12H16ClN3O4/c1-20-10(18)6-16-12(19)11(13)9(5-15-16)14-4-7-2-8(17)3-7/h5,7-8,14,17H,2-4,6H2,1H3. The van der Waals surface area contributed by atoms with Gasteiger partial charge in [-0.2, -0.15) is 5.10 Å². The molecule has 1 aromatic heterocycles. The molecular weight excluding hydrogens is 286 g/mol. The van der Waals surface area contributed by atoms with Crippen LogP contribution in [-0.4, -0.2) is 40.6 Å². The van der Waals surface area contributed by atoms with Crippen LogP contribution in [0.15, 0.2) is 11.0 Å². The highest BCUT2D eigenvalue weighted by Gasteiger charge is 2.27. The quantitative estimate of drug-likeness (QED) is 0.757. The molecule has 0 aliphatic heterocycles. The molecule has 0 aromatic carbocycles. The minimum Gasteiger partial charge on any atom is -0.468 e. The highest BCUT2D eigenvalue weighted by Crippen LogP contribution is 2.27. The lowest BCUT2D eigenvalue weighted by molar-refractivity contribution is -0.141. The summed E-state index contributed by atoms with van der Waals surface area (Å²) in [5.41, 5.74) is -0.116. The van der Waals surface area contributed by atoms with Gasteiger partial charge in [0.2, 0.25) is 0 Å². The summed E-state index contributed by atoms with van der Waals surface area (Å²) >= 11 is 5.96. The lowest BCUT2D eigenvalue weighted by atomic mass is 9.82. The van der Waals surface area contributed by atoms with E-state index in [1.54, 1.807) is 0 Å². The van der Waals surface area contributed by atoms with Crippen molar-refractivity contribution in [3.63, 3.8) is 0 Å². The van der Waals surface area contributed by atoms with Gasteiger partial charge >= 0.3 is 5.97 Å². The van der Waals surface area contributed by atoms with E-state index in [0.717, 1.165) is 17.5 Å². The molecule has 1 fully saturated rings. The Morgan fingerprint density at radius 2 is 2.35 bits per heavy atom. The Morgan fingerprint density at radius 3 is 2.95 bits per heavy atom. The molecule has 7 nitrogen and oxygen atoms in total. The monoisotopic (exact) mass is 301 g/mol. The van der Waals surface area contributed by atoms with Gasteiger partial charge in [0.05, 0.1) is 25.1 Å². The van der Waals surface area contributed by atoms with Crippen molar-refractivity contribution in [2.75, 3.05) is 19.0 Å². The molecule has 1 heterocycles. The highest BCUT2D eigenvalue weighted by molar-refractivity contribution is 6.32. The predicted octanol–water partition coefficient (Wildman–Crippen LogP) is 0.252. The van der Waals surface area contributed by atoms with Crippen LogP contribution >= 0.6 is 11.6 Å². The molecule has 20 heavy (non-hydrogen) atoms. The molecule has 1 aromatic rings. The number of rotatable bonds is 5. The zero-order chi connectivity index (χ0) is 14.7. The van der Waals surface area contributed by atoms with Crippen LogP contribution in [0.4, 0.5) is 5.69 Å². The molecule has 0 amide bonds. The minimum atomic E-state index is -0.570. The number of nitrogens with zero attached hydrogens (tertiary/aromatic N) is 2. The summed E-state index contributed by atoms with van der Waals surface area (Å²) in [7, 11) is 1.23. The SMILES string of the molecule is COC(=O)Cn1ncc(NCC2CC(O)C2)c(Cl)c1=O. The van der Waals surface area contributed by atoms with Gasteiger partial charge in [-0.15, -0.1) is 0 Å². The fraction of sp³-hybridized carbons (Fsp3) is 0.583. The van der Waals surface area contributed by atoms with Crippen LogP contribution in [0.2, 0.25) is 5.02 Å². The number of aromatic nitrogens is 2. The van der Waals surface area contributed by atoms with Crippen molar-refractivity contribution in [3.8, 4) is 0 Å². The van der Waals surface area contributed by atoms with E-state index in [4.69, 9.17) is 11.6 Å². The number of carbonyl (C=O) groups excluding carboxylic acids is 1. The number of nitrogens with one attached hydrogen (secondary N) is 1. The van der Waals surface area contributed by atoms with Crippen LogP contribution in [0.1, 0.15) is 12.8 Å². The van der Waals surface area contributed by atoms with Crippen LogP contribution in [0.25, 0.3) is 0 Å². The van der Waals surface area contributed by atoms with E-state index >= 15 is 0 Å². The van der Waals surface area contributed by atoms with Crippen LogP contribution in [-0.2, 0) is 16.1 Å². The van der Waals surface area contributed by atoms with Crippen LogP contribution in [0.3, 0.4) is 0 Å². The number of aliphatic hydroxyl groups excluding tert-OH is 1. The van der Waals surface area contributed by atoms with Gasteiger partial charge in [-0.05, 0) is 18.8 Å². The van der Waals surface area contributed by atoms with Crippen LogP contribution in [0, 0.1) is 5.92 Å². The smallest absolute Gasteiger partial charge is 0.327 e. The summed E-state index contributed by atoms with van der Waals surface area (Å²) in [5, 5.41) is 16.1. The number of hydrogen-bond acceptors (Lipinski definition) is 6. The Balaban J connectivity index is 2.02. The van der Waals surface area contributed by atoms with Gasteiger partial charge in [-0.1, -0.05) is 11.6 Å². The molecule has 110 valence electrons. The number of hydrogen-bond donors (Lipinski definition) is 2. The molecule has 1 aliphatic rings. The molecule has 0 bridgehead atoms. The van der Waals surface area contributed by atoms with Crippen molar-refractivity contribution < 1.29 is 14.6 Å². The lowest BCUT2D eigenvalue weighted by Gasteiger charge is -2.31. The lowest BCUT2D eigenvalue weighted by Crippen LogP contribution is -2.34. The van der Waals surface area contributed by atoms with Gasteiger partial charge in [0.15, 0.2) is 0 Å². The third kappa shape index (κ3) is 3.29. The second-order valence-corrected chi connectivity index (χ2v) is 5.16. The van der Waals surface area contributed by atoms with Gasteiger partial charge in [0.25, 0.3) is 5.56 Å². The highest BCUT2D eigenvalue weighted by atomic mass is 35.5. The molecule has 0 spiro atoms. The van der Waals surface area contributed by atoms with Crippen molar-refractivity contribution in [2.45, 2.75) is 25.5 Å². The summed E-state index contributed by atoms with van der Waals surface area (Å²) in [6.45, 7) is 0.350. The molecule has 8 heteroatoms. The molecule has 0 saturated heterocycles. The molecule has 1 saturated carbocycles. The van der Waals surface area contributed by atoms with Crippen molar-refractivity contribution >= 4 is 23.3 Å². The maximum Gasteiger partial charge on any atom is 0.327 e. The Labute approximate surface area is 120 Å². The van der Waals surface area contributed by atoms with E-state index in [1.807, 2.05) is 0 Å². The topological polar surface area (TPSA) is 93.5 Å². The number of methoxy groups -OCH3 is 1. The number of esters is 1. The largest absolute Gasteiger partial charge is 0.468 e. The first-order valence-corrected chi connectivity index (χ1v) is 6.63. The zero-order valence-corrected chi connectivity index (χ0v) is 11.8. The van der Waals surface area contributed by atoms with Gasteiger partial charge in [0, 0.05) is 6.54 Å². The molecule has 0 radical (unpaired) electrons. The summed E-state index contributed by atoms with van der Waals surface area (Å²) in [5.74, 6) is -0.196. The summed E-state index contributed by atoms with van der Waals surface area (Å²) in [6.07, 6.45) is 2.68. The molecule has 2 N–H and O–H groups in total. The molecule has 1 aliphatic carbocycles. The third-order valence-electron chi connectivity index (χ3n) is 3.28. The fourth-order valence-electron chi connectivity index (χ4n) is 2.01. The second kappa shape index (κ2) is 6.23. The van der Waals surface area contributed by atoms with E-state index in [1.165, 1.54) is 13.3 Å². The van der Waals surface area contributed by atoms with Gasteiger partial charge in [-0.25, -0.2) is 4.68 Å². The number of halogens is 1. The van der Waals surface area contributed by atoms with E-state index < -0.39 is 11.5 Å². The van der Waals surface area contributed by atoms with Crippen LogP contribution < -0.4 is 10.9 Å². The first-order chi connectivity index (χ1) is 9.51. The minimum absolute atomic E-state index is 0.0104. The number of anilines is 1. The average Bonchev–Trinajstić information content (AvgIpc) is 2.40. The van der Waals surface area contributed by atoms with E-state index in [-0.39, 0.29) is 17.7 Å². The first kappa shape index (κ1) is 14.8. The van der Waals surface area contributed by atoms with Crippen molar-refractivity contribution in [2.24, 2.45) is 5.92 Å². The maximum absolute atomic E-state index is 11.9. The van der Waals surface area contributed by atoms with Crippen molar-refractivity contribution in [1.82, 2.24) is 9.78 Å². The Morgan fingerprint density at radius 1 is 1.65 bits per heavy atom. The number of ether oxygens (including phenoxy) is 1. The van der Waals surface area contributed by atoms with Crippen molar-refractivity contribution in [1.29, 1.82) is 0 Å². The predicted molar refractivity (Wildman–Crippen MR) is 72.7 cm³/mol. The number of aliphatic hydroxyl groups is 1. The van der Waals surface area contributed by atoms with Gasteiger partial charge in [0.1, 0.15) is 11.6 Å². The fourth-order valence-corrected chi connectivity index (χ4v) is 2.22. The van der Waals surface area contributed by atoms with Crippen LogP contribution in [0.5, 0.6) is 0 Å².